The van der Waals surface area contributed by atoms with Crippen molar-refractivity contribution in [3.05, 3.63) is 94.0 Å². The van der Waals surface area contributed by atoms with E-state index in [-0.39, 0.29) is 18.1 Å². The molecular weight excluding hydrogens is 438 g/mol. The molecule has 0 atom stereocenters. The van der Waals surface area contributed by atoms with E-state index in [4.69, 9.17) is 16.3 Å². The molecule has 33 heavy (non-hydrogen) atoms. The lowest BCUT2D eigenvalue weighted by molar-refractivity contribution is -0.118. The van der Waals surface area contributed by atoms with Crippen LogP contribution in [0.4, 0.5) is 11.4 Å². The van der Waals surface area contributed by atoms with Crippen LogP contribution in [0.5, 0.6) is 5.75 Å². The molecule has 0 aliphatic rings. The van der Waals surface area contributed by atoms with Gasteiger partial charge in [0.25, 0.3) is 11.8 Å². The summed E-state index contributed by atoms with van der Waals surface area (Å²) in [6.07, 6.45) is 1.38. The Morgan fingerprint density at radius 3 is 2.48 bits per heavy atom. The molecule has 166 valence electrons. The van der Waals surface area contributed by atoms with Gasteiger partial charge >= 0.3 is 0 Å². The van der Waals surface area contributed by atoms with Gasteiger partial charge in [0, 0.05) is 22.0 Å². The van der Waals surface area contributed by atoms with E-state index in [1.165, 1.54) is 6.08 Å². The maximum absolute atomic E-state index is 12.7. The molecule has 0 heterocycles. The van der Waals surface area contributed by atoms with Crippen LogP contribution in [-0.4, -0.2) is 18.4 Å². The lowest BCUT2D eigenvalue weighted by Crippen LogP contribution is -2.20. The van der Waals surface area contributed by atoms with Crippen molar-refractivity contribution in [2.45, 2.75) is 13.8 Å². The number of amides is 2. The van der Waals surface area contributed by atoms with Crippen LogP contribution in [0, 0.1) is 25.2 Å². The van der Waals surface area contributed by atoms with E-state index in [1.807, 2.05) is 50.2 Å². The molecule has 7 heteroatoms. The van der Waals surface area contributed by atoms with Crippen molar-refractivity contribution in [3.8, 4) is 11.8 Å². The first-order chi connectivity index (χ1) is 15.9. The molecule has 2 amide bonds. The minimum Gasteiger partial charge on any atom is -0.483 e. The molecule has 0 saturated carbocycles. The zero-order chi connectivity index (χ0) is 23.8. The normalized spacial score (nSPS) is 10.8. The fraction of sp³-hybridized carbons (Fsp3) is 0.115. The predicted octanol–water partition coefficient (Wildman–Crippen LogP) is 5.52. The highest BCUT2D eigenvalue weighted by Gasteiger charge is 2.14. The summed E-state index contributed by atoms with van der Waals surface area (Å²) < 4.78 is 5.65. The first kappa shape index (κ1) is 23.6. The molecule has 3 aromatic rings. The maximum atomic E-state index is 12.7. The molecule has 0 aliphatic heterocycles. The summed E-state index contributed by atoms with van der Waals surface area (Å²) >= 11 is 6.11. The minimum atomic E-state index is -0.558. The number of nitrogens with zero attached hydrogens (tertiary/aromatic N) is 1. The number of nitrogens with one attached hydrogen (secondary N) is 2. The predicted molar refractivity (Wildman–Crippen MR) is 130 cm³/mol. The monoisotopic (exact) mass is 459 g/mol. The number of ether oxygens (including phenoxy) is 1. The summed E-state index contributed by atoms with van der Waals surface area (Å²) in [6.45, 7) is 3.58. The van der Waals surface area contributed by atoms with Crippen molar-refractivity contribution < 1.29 is 14.3 Å². The van der Waals surface area contributed by atoms with Gasteiger partial charge in [0.15, 0.2) is 6.61 Å². The molecular formula is C26H22ClN3O3. The fourth-order valence-electron chi connectivity index (χ4n) is 3.07. The average molecular weight is 460 g/mol. The number of halogens is 1. The van der Waals surface area contributed by atoms with Gasteiger partial charge in [-0.3, -0.25) is 9.59 Å². The number of rotatable bonds is 7. The molecule has 0 aliphatic carbocycles. The van der Waals surface area contributed by atoms with Crippen LogP contribution in [0.1, 0.15) is 16.7 Å². The van der Waals surface area contributed by atoms with E-state index in [0.29, 0.717) is 27.7 Å². The number of anilines is 2. The molecule has 0 saturated heterocycles. The summed E-state index contributed by atoms with van der Waals surface area (Å²) in [7, 11) is 0. The lowest BCUT2D eigenvalue weighted by Gasteiger charge is -2.11. The van der Waals surface area contributed by atoms with Gasteiger partial charge in [-0.05, 0) is 61.9 Å². The number of nitriles is 1. The molecule has 0 fully saturated rings. The Kier molecular flexibility index (Phi) is 7.85. The van der Waals surface area contributed by atoms with Crippen LogP contribution in [0.15, 0.2) is 72.3 Å². The van der Waals surface area contributed by atoms with Crippen molar-refractivity contribution in [2.75, 3.05) is 17.2 Å². The Labute approximate surface area is 197 Å². The van der Waals surface area contributed by atoms with Crippen molar-refractivity contribution in [1.82, 2.24) is 0 Å². The number of carbonyl (C=O) groups is 2. The topological polar surface area (TPSA) is 91.2 Å². The summed E-state index contributed by atoms with van der Waals surface area (Å²) in [5.74, 6) is -0.592. The van der Waals surface area contributed by atoms with Crippen LogP contribution in [-0.2, 0) is 9.59 Å². The molecule has 3 rings (SSSR count). The van der Waals surface area contributed by atoms with Gasteiger partial charge in [0.1, 0.15) is 17.4 Å². The van der Waals surface area contributed by atoms with Crippen molar-refractivity contribution in [1.29, 1.82) is 5.26 Å². The highest BCUT2D eigenvalue weighted by atomic mass is 35.5. The quantitative estimate of drug-likeness (QED) is 0.359. The summed E-state index contributed by atoms with van der Waals surface area (Å²) in [5, 5.41) is 15.5. The highest BCUT2D eigenvalue weighted by molar-refractivity contribution is 6.30. The van der Waals surface area contributed by atoms with E-state index in [2.05, 4.69) is 10.6 Å². The standard InChI is InChI=1S/C26H22ClN3O3/c1-17-8-10-23(18(2)12-17)30-26(32)20(15-28)13-19-14-21(27)9-11-24(19)33-16-25(31)29-22-6-4-3-5-7-22/h3-14H,16H2,1-2H3,(H,29,31)(H,30,32)/b20-13+. The van der Waals surface area contributed by atoms with E-state index in [0.717, 1.165) is 11.1 Å². The molecule has 0 radical (unpaired) electrons. The first-order valence-electron chi connectivity index (χ1n) is 10.1. The Morgan fingerprint density at radius 2 is 1.79 bits per heavy atom. The fourth-order valence-corrected chi connectivity index (χ4v) is 3.25. The summed E-state index contributed by atoms with van der Waals surface area (Å²) in [4.78, 5) is 24.9. The molecule has 0 unspecified atom stereocenters. The van der Waals surface area contributed by atoms with Crippen molar-refractivity contribution in [2.24, 2.45) is 0 Å². The van der Waals surface area contributed by atoms with Crippen molar-refractivity contribution in [3.63, 3.8) is 0 Å². The number of para-hydroxylation sites is 1. The third-order valence-corrected chi connectivity index (χ3v) is 4.92. The second kappa shape index (κ2) is 11.0. The first-order valence-corrected chi connectivity index (χ1v) is 10.5. The molecule has 3 aromatic carbocycles. The van der Waals surface area contributed by atoms with Gasteiger partial charge in [0.2, 0.25) is 0 Å². The van der Waals surface area contributed by atoms with Gasteiger partial charge in [-0.2, -0.15) is 5.26 Å². The maximum Gasteiger partial charge on any atom is 0.266 e. The second-order valence-electron chi connectivity index (χ2n) is 7.33. The van der Waals surface area contributed by atoms with E-state index >= 15 is 0 Å². The number of carbonyl (C=O) groups excluding carboxylic acids is 2. The van der Waals surface area contributed by atoms with Crippen LogP contribution < -0.4 is 15.4 Å². The van der Waals surface area contributed by atoms with Crippen molar-refractivity contribution >= 4 is 40.9 Å². The van der Waals surface area contributed by atoms with Crippen LogP contribution in [0.3, 0.4) is 0 Å². The van der Waals surface area contributed by atoms with Gasteiger partial charge in [-0.1, -0.05) is 47.5 Å². The molecule has 0 bridgehead atoms. The largest absolute Gasteiger partial charge is 0.483 e. The van der Waals surface area contributed by atoms with E-state index < -0.39 is 5.91 Å². The summed E-state index contributed by atoms with van der Waals surface area (Å²) in [5.41, 5.74) is 3.50. The Balaban J connectivity index is 1.76. The Hall–Kier alpha value is -4.08. The Bertz CT molecular complexity index is 1250. The number of benzene rings is 3. The molecule has 2 N–H and O–H groups in total. The lowest BCUT2D eigenvalue weighted by atomic mass is 10.1. The number of hydrogen-bond acceptors (Lipinski definition) is 4. The zero-order valence-corrected chi connectivity index (χ0v) is 18.9. The second-order valence-corrected chi connectivity index (χ2v) is 7.76. The minimum absolute atomic E-state index is 0.129. The molecule has 6 nitrogen and oxygen atoms in total. The zero-order valence-electron chi connectivity index (χ0n) is 18.2. The SMILES string of the molecule is Cc1ccc(NC(=O)/C(C#N)=C/c2cc(Cl)ccc2OCC(=O)Nc2ccccc2)c(C)c1. The number of hydrogen-bond donors (Lipinski definition) is 2. The van der Waals surface area contributed by atoms with Gasteiger partial charge in [0.05, 0.1) is 0 Å². The average Bonchev–Trinajstić information content (AvgIpc) is 2.79. The number of aryl methyl sites for hydroxylation is 2. The highest BCUT2D eigenvalue weighted by Crippen LogP contribution is 2.26. The van der Waals surface area contributed by atoms with Crippen LogP contribution >= 0.6 is 11.6 Å². The summed E-state index contributed by atoms with van der Waals surface area (Å²) in [6, 6.07) is 21.3. The smallest absolute Gasteiger partial charge is 0.266 e. The van der Waals surface area contributed by atoms with E-state index in [9.17, 15) is 14.9 Å². The third-order valence-electron chi connectivity index (χ3n) is 4.68. The van der Waals surface area contributed by atoms with Gasteiger partial charge < -0.3 is 15.4 Å². The van der Waals surface area contributed by atoms with Gasteiger partial charge in [-0.15, -0.1) is 0 Å². The van der Waals surface area contributed by atoms with Gasteiger partial charge in [-0.25, -0.2) is 0 Å². The third kappa shape index (κ3) is 6.70. The molecule has 0 aromatic heterocycles. The van der Waals surface area contributed by atoms with E-state index in [1.54, 1.807) is 36.4 Å². The Morgan fingerprint density at radius 1 is 1.03 bits per heavy atom. The van der Waals surface area contributed by atoms with Crippen LogP contribution in [0.2, 0.25) is 5.02 Å². The molecule has 0 spiro atoms. The van der Waals surface area contributed by atoms with Crippen LogP contribution in [0.25, 0.3) is 6.08 Å².